The zero-order valence-electron chi connectivity index (χ0n) is 23.1. The summed E-state index contributed by atoms with van der Waals surface area (Å²) in [6.07, 6.45) is -4.61. The number of phenols is 2. The van der Waals surface area contributed by atoms with Gasteiger partial charge < -0.3 is 29.9 Å². The molecule has 4 rings (SSSR count). The lowest BCUT2D eigenvalue weighted by Crippen LogP contribution is -2.21. The molecular weight excluding hydrogens is 630 g/mol. The third-order valence-electron chi connectivity index (χ3n) is 5.61. The molecule has 0 radical (unpaired) electrons. The quantitative estimate of drug-likeness (QED) is 0.0848. The standard InChI is InChI=1S/C26H24FN3O7S.C2HF3O2/c1-16-12-25(29-37-16)28-10-3-11-36-26(33)21-8-7-19(15-24(21)32)30-38(34,35)20-5-2-4-17(13-20)22-14-18(27)6-9-23(22)31;3-2(4,5)1(6)7/h2,4-9,12-15,30-32H,3,10-11H2,1H3,(H,28,29);(H,6,7). The molecule has 0 unspecified atom stereocenters. The lowest BCUT2D eigenvalue weighted by molar-refractivity contribution is -0.192. The Hall–Kier alpha value is -5.32. The fourth-order valence-corrected chi connectivity index (χ4v) is 4.63. The number of carboxylic acids is 1. The number of aromatic hydroxyl groups is 2. The van der Waals surface area contributed by atoms with E-state index < -0.39 is 39.7 Å². The number of carbonyl (C=O) groups is 2. The molecule has 0 aliphatic heterocycles. The van der Waals surface area contributed by atoms with Crippen molar-refractivity contribution in [3.8, 4) is 22.6 Å². The zero-order valence-corrected chi connectivity index (χ0v) is 23.9. The summed E-state index contributed by atoms with van der Waals surface area (Å²) >= 11 is 0. The number of rotatable bonds is 10. The number of sulfonamides is 1. The number of anilines is 2. The van der Waals surface area contributed by atoms with Gasteiger partial charge in [-0.3, -0.25) is 4.72 Å². The number of carboxylic acid groups (broad SMARTS) is 1. The van der Waals surface area contributed by atoms with Gasteiger partial charge in [-0.15, -0.1) is 0 Å². The Kier molecular flexibility index (Phi) is 11.0. The minimum Gasteiger partial charge on any atom is -0.507 e. The van der Waals surface area contributed by atoms with Crippen molar-refractivity contribution in [3.05, 3.63) is 83.9 Å². The van der Waals surface area contributed by atoms with Gasteiger partial charge in [-0.05, 0) is 61.4 Å². The lowest BCUT2D eigenvalue weighted by Gasteiger charge is -2.12. The number of alkyl halides is 3. The zero-order chi connectivity index (χ0) is 33.4. The van der Waals surface area contributed by atoms with Crippen molar-refractivity contribution in [2.45, 2.75) is 24.4 Å². The average molecular weight is 656 g/mol. The average Bonchev–Trinajstić information content (AvgIpc) is 3.38. The van der Waals surface area contributed by atoms with Crippen LogP contribution in [0.4, 0.5) is 29.1 Å². The Bertz CT molecular complexity index is 1780. The topological polar surface area (TPSA) is 188 Å². The molecule has 12 nitrogen and oxygen atoms in total. The Morgan fingerprint density at radius 1 is 1.00 bits per heavy atom. The second kappa shape index (κ2) is 14.4. The highest BCUT2D eigenvalue weighted by atomic mass is 32.2. The van der Waals surface area contributed by atoms with Crippen LogP contribution < -0.4 is 10.0 Å². The highest BCUT2D eigenvalue weighted by Crippen LogP contribution is 2.32. The van der Waals surface area contributed by atoms with E-state index in [9.17, 15) is 41.0 Å². The summed E-state index contributed by atoms with van der Waals surface area (Å²) in [6, 6.07) is 14.3. The van der Waals surface area contributed by atoms with E-state index in [0.717, 1.165) is 18.2 Å². The van der Waals surface area contributed by atoms with Crippen molar-refractivity contribution in [1.29, 1.82) is 0 Å². The Morgan fingerprint density at radius 3 is 2.33 bits per heavy atom. The maximum absolute atomic E-state index is 13.6. The van der Waals surface area contributed by atoms with E-state index in [1.165, 1.54) is 42.5 Å². The molecule has 0 atom stereocenters. The molecule has 1 aromatic heterocycles. The number of halogens is 4. The first kappa shape index (κ1) is 34.2. The SMILES string of the molecule is Cc1cc(NCCCOC(=O)c2ccc(NS(=O)(=O)c3cccc(-c4cc(F)ccc4O)c3)cc2O)no1.O=C(O)C(F)(F)F. The van der Waals surface area contributed by atoms with Crippen molar-refractivity contribution < 1.29 is 60.1 Å². The third-order valence-corrected chi connectivity index (χ3v) is 6.99. The van der Waals surface area contributed by atoms with Gasteiger partial charge in [0.25, 0.3) is 10.0 Å². The Morgan fingerprint density at radius 2 is 1.71 bits per heavy atom. The second-order valence-corrected chi connectivity index (χ2v) is 10.8. The molecule has 45 heavy (non-hydrogen) atoms. The van der Waals surface area contributed by atoms with Crippen LogP contribution in [-0.4, -0.2) is 60.2 Å². The third kappa shape index (κ3) is 9.85. The Labute approximate surface area is 252 Å². The summed E-state index contributed by atoms with van der Waals surface area (Å²) in [5, 5.41) is 34.3. The van der Waals surface area contributed by atoms with Gasteiger partial charge in [-0.25, -0.2) is 22.4 Å². The predicted octanol–water partition coefficient (Wildman–Crippen LogP) is 5.29. The van der Waals surface area contributed by atoms with Gasteiger partial charge in [0.1, 0.15) is 28.6 Å². The smallest absolute Gasteiger partial charge is 0.490 e. The molecule has 4 aromatic rings. The van der Waals surface area contributed by atoms with Gasteiger partial charge >= 0.3 is 18.1 Å². The summed E-state index contributed by atoms with van der Waals surface area (Å²) in [6.45, 7) is 2.32. The maximum Gasteiger partial charge on any atom is 0.490 e. The first-order valence-corrected chi connectivity index (χ1v) is 14.1. The van der Waals surface area contributed by atoms with Crippen LogP contribution in [-0.2, 0) is 19.6 Å². The Balaban J connectivity index is 0.000000707. The molecule has 0 amide bonds. The van der Waals surface area contributed by atoms with E-state index in [0.29, 0.717) is 24.5 Å². The number of phenolic OH excluding ortho intramolecular Hbond substituents is 2. The van der Waals surface area contributed by atoms with Crippen LogP contribution in [0.5, 0.6) is 11.5 Å². The number of nitrogens with zero attached hydrogens (tertiary/aromatic N) is 1. The van der Waals surface area contributed by atoms with Crippen LogP contribution in [0.25, 0.3) is 11.1 Å². The number of aliphatic carboxylic acids is 1. The van der Waals surface area contributed by atoms with Gasteiger partial charge in [0.05, 0.1) is 17.2 Å². The minimum atomic E-state index is -5.08. The van der Waals surface area contributed by atoms with Crippen molar-refractivity contribution in [1.82, 2.24) is 5.16 Å². The summed E-state index contributed by atoms with van der Waals surface area (Å²) < 4.78 is 83.7. The summed E-state index contributed by atoms with van der Waals surface area (Å²) in [7, 11) is -4.13. The summed E-state index contributed by atoms with van der Waals surface area (Å²) in [5.74, 6) is -3.55. The maximum atomic E-state index is 13.6. The van der Waals surface area contributed by atoms with E-state index >= 15 is 0 Å². The molecule has 0 aliphatic rings. The van der Waals surface area contributed by atoms with Crippen molar-refractivity contribution in [3.63, 3.8) is 0 Å². The van der Waals surface area contributed by atoms with Crippen molar-refractivity contribution in [2.24, 2.45) is 0 Å². The van der Waals surface area contributed by atoms with E-state index in [1.54, 1.807) is 13.0 Å². The monoisotopic (exact) mass is 655 g/mol. The molecule has 3 aromatic carbocycles. The number of benzene rings is 3. The van der Waals surface area contributed by atoms with Crippen molar-refractivity contribution >= 4 is 33.5 Å². The number of aromatic nitrogens is 1. The number of hydrogen-bond donors (Lipinski definition) is 5. The van der Waals surface area contributed by atoms with Gasteiger partial charge in [0.15, 0.2) is 5.82 Å². The molecule has 240 valence electrons. The molecule has 0 fully saturated rings. The molecule has 5 N–H and O–H groups in total. The molecule has 1 heterocycles. The molecular formula is C28H25F4N3O9S. The van der Waals surface area contributed by atoms with Gasteiger partial charge in [-0.1, -0.05) is 17.3 Å². The van der Waals surface area contributed by atoms with Gasteiger partial charge in [0, 0.05) is 24.2 Å². The van der Waals surface area contributed by atoms with Gasteiger partial charge in [-0.2, -0.15) is 13.2 Å². The molecule has 0 saturated carbocycles. The number of ether oxygens (including phenoxy) is 1. The summed E-state index contributed by atoms with van der Waals surface area (Å²) in [4.78, 5) is 21.1. The molecule has 0 spiro atoms. The van der Waals surface area contributed by atoms with E-state index in [-0.39, 0.29) is 39.6 Å². The largest absolute Gasteiger partial charge is 0.507 e. The van der Waals surface area contributed by atoms with Crippen LogP contribution >= 0.6 is 0 Å². The first-order chi connectivity index (χ1) is 21.1. The van der Waals surface area contributed by atoms with E-state index in [1.807, 2.05) is 0 Å². The second-order valence-electron chi connectivity index (χ2n) is 9.07. The molecule has 0 bridgehead atoms. The van der Waals surface area contributed by atoms with Crippen LogP contribution in [0.3, 0.4) is 0 Å². The lowest BCUT2D eigenvalue weighted by atomic mass is 10.0. The number of hydrogen-bond acceptors (Lipinski definition) is 10. The number of nitrogens with one attached hydrogen (secondary N) is 2. The van der Waals surface area contributed by atoms with Crippen LogP contribution in [0.15, 0.2) is 76.1 Å². The van der Waals surface area contributed by atoms with Crippen molar-refractivity contribution in [2.75, 3.05) is 23.2 Å². The molecule has 0 saturated heterocycles. The highest BCUT2D eigenvalue weighted by Gasteiger charge is 2.38. The minimum absolute atomic E-state index is 0.00478. The number of carbonyl (C=O) groups excluding carboxylic acids is 1. The normalized spacial score (nSPS) is 11.2. The fourth-order valence-electron chi connectivity index (χ4n) is 3.53. The highest BCUT2D eigenvalue weighted by molar-refractivity contribution is 7.92. The molecule has 0 aliphatic carbocycles. The fraction of sp³-hybridized carbons (Fsp3) is 0.179. The van der Waals surface area contributed by atoms with Crippen LogP contribution in [0.1, 0.15) is 22.5 Å². The van der Waals surface area contributed by atoms with E-state index in [4.69, 9.17) is 19.2 Å². The first-order valence-electron chi connectivity index (χ1n) is 12.7. The van der Waals surface area contributed by atoms with Gasteiger partial charge in [0.2, 0.25) is 0 Å². The molecule has 17 heteroatoms. The predicted molar refractivity (Wildman–Crippen MR) is 151 cm³/mol. The number of esters is 1. The number of aryl methyl sites for hydroxylation is 1. The van der Waals surface area contributed by atoms with E-state index in [2.05, 4.69) is 15.2 Å². The van der Waals surface area contributed by atoms with Crippen LogP contribution in [0.2, 0.25) is 0 Å². The summed E-state index contributed by atoms with van der Waals surface area (Å²) in [5.41, 5.74) is 0.297. The van der Waals surface area contributed by atoms with Crippen LogP contribution in [0, 0.1) is 12.7 Å².